The van der Waals surface area contributed by atoms with Crippen LogP contribution in [0.5, 0.6) is 5.75 Å². The Morgan fingerprint density at radius 3 is 2.50 bits per heavy atom. The lowest BCUT2D eigenvalue weighted by atomic mass is 9.99. The summed E-state index contributed by atoms with van der Waals surface area (Å²) in [6.07, 6.45) is 11.8. The maximum Gasteiger partial charge on any atom is 0.262 e. The van der Waals surface area contributed by atoms with Crippen molar-refractivity contribution in [3.8, 4) is 17.1 Å². The highest BCUT2D eigenvalue weighted by atomic mass is 16.5. The second-order valence-corrected chi connectivity index (χ2v) is 6.44. The monoisotopic (exact) mass is 372 g/mol. The Labute approximate surface area is 163 Å². The quantitative estimate of drug-likeness (QED) is 0.654. The third kappa shape index (κ3) is 4.38. The number of anilines is 1. The summed E-state index contributed by atoms with van der Waals surface area (Å²) in [5.74, 6) is 1.10. The van der Waals surface area contributed by atoms with Gasteiger partial charge in [-0.1, -0.05) is 30.4 Å². The molecule has 4 rings (SSSR count). The van der Waals surface area contributed by atoms with Crippen LogP contribution in [0.1, 0.15) is 18.4 Å². The van der Waals surface area contributed by atoms with Crippen LogP contribution in [0.3, 0.4) is 0 Å². The average Bonchev–Trinajstić information content (AvgIpc) is 3.29. The van der Waals surface area contributed by atoms with Gasteiger partial charge in [-0.05, 0) is 60.4 Å². The van der Waals surface area contributed by atoms with Gasteiger partial charge in [0, 0.05) is 11.3 Å². The number of benzene rings is 2. The van der Waals surface area contributed by atoms with E-state index in [1.807, 2.05) is 36.4 Å². The molecule has 5 nitrogen and oxygen atoms in total. The highest BCUT2D eigenvalue weighted by Crippen LogP contribution is 2.23. The van der Waals surface area contributed by atoms with Crippen LogP contribution >= 0.6 is 0 Å². The first-order valence-corrected chi connectivity index (χ1v) is 9.17. The normalized spacial score (nSPS) is 13.1. The summed E-state index contributed by atoms with van der Waals surface area (Å²) >= 11 is 0. The molecule has 1 amide bonds. The van der Waals surface area contributed by atoms with Crippen LogP contribution in [0, 0.1) is 0 Å². The Kier molecular flexibility index (Phi) is 5.33. The van der Waals surface area contributed by atoms with Crippen LogP contribution in [0.25, 0.3) is 16.9 Å². The number of nitrogens with one attached hydrogen (secondary N) is 1. The predicted octanol–water partition coefficient (Wildman–Crippen LogP) is 5.09. The first kappa shape index (κ1) is 17.8. The summed E-state index contributed by atoms with van der Waals surface area (Å²) in [7, 11) is 0. The Bertz CT molecular complexity index is 985. The van der Waals surface area contributed by atoms with Crippen molar-refractivity contribution in [2.45, 2.75) is 12.8 Å². The van der Waals surface area contributed by atoms with Crippen molar-refractivity contribution in [3.63, 3.8) is 0 Å². The van der Waals surface area contributed by atoms with Crippen molar-refractivity contribution in [2.75, 3.05) is 11.9 Å². The van der Waals surface area contributed by atoms with E-state index < -0.39 is 0 Å². The molecule has 0 unspecified atom stereocenters. The van der Waals surface area contributed by atoms with Gasteiger partial charge in [0.2, 0.25) is 0 Å². The molecule has 2 aromatic carbocycles. The third-order valence-electron chi connectivity index (χ3n) is 4.44. The Morgan fingerprint density at radius 1 is 1.04 bits per heavy atom. The van der Waals surface area contributed by atoms with Gasteiger partial charge >= 0.3 is 0 Å². The minimum absolute atomic E-state index is 0.0582. The second kappa shape index (κ2) is 8.39. The van der Waals surface area contributed by atoms with E-state index in [0.717, 1.165) is 29.7 Å². The van der Waals surface area contributed by atoms with Crippen molar-refractivity contribution >= 4 is 17.2 Å². The van der Waals surface area contributed by atoms with Gasteiger partial charge in [-0.2, -0.15) is 0 Å². The highest BCUT2D eigenvalue weighted by molar-refractivity contribution is 5.92. The lowest BCUT2D eigenvalue weighted by molar-refractivity contribution is -0.118. The molecule has 1 heterocycles. The molecule has 1 aliphatic rings. The van der Waals surface area contributed by atoms with Crippen molar-refractivity contribution in [3.05, 3.63) is 84.9 Å². The van der Waals surface area contributed by atoms with Crippen LogP contribution in [-0.4, -0.2) is 17.5 Å². The molecule has 5 heteroatoms. The first-order valence-electron chi connectivity index (χ1n) is 9.17. The molecule has 140 valence electrons. The minimum atomic E-state index is -0.205. The second-order valence-electron chi connectivity index (χ2n) is 6.44. The van der Waals surface area contributed by atoms with Crippen LogP contribution < -0.4 is 10.1 Å². The molecule has 0 aliphatic heterocycles. The lowest BCUT2D eigenvalue weighted by Gasteiger charge is -2.10. The van der Waals surface area contributed by atoms with Crippen LogP contribution in [0.15, 0.2) is 83.8 Å². The van der Waals surface area contributed by atoms with Crippen LogP contribution in [-0.2, 0) is 4.79 Å². The molecule has 0 saturated heterocycles. The molecule has 1 N–H and O–H groups in total. The van der Waals surface area contributed by atoms with E-state index in [4.69, 9.17) is 9.15 Å². The third-order valence-corrected chi connectivity index (χ3v) is 4.44. The van der Waals surface area contributed by atoms with Gasteiger partial charge in [0.1, 0.15) is 5.75 Å². The van der Waals surface area contributed by atoms with Crippen LogP contribution in [0.4, 0.5) is 5.69 Å². The number of hydrogen-bond acceptors (Lipinski definition) is 4. The van der Waals surface area contributed by atoms with Gasteiger partial charge in [-0.3, -0.25) is 4.79 Å². The van der Waals surface area contributed by atoms with Gasteiger partial charge in [0.15, 0.2) is 18.8 Å². The molecule has 0 atom stereocenters. The molecular weight excluding hydrogens is 352 g/mol. The molecule has 0 fully saturated rings. The first-order chi connectivity index (χ1) is 13.8. The zero-order valence-electron chi connectivity index (χ0n) is 15.3. The van der Waals surface area contributed by atoms with E-state index in [1.54, 1.807) is 18.3 Å². The summed E-state index contributed by atoms with van der Waals surface area (Å²) in [4.78, 5) is 16.0. The highest BCUT2D eigenvalue weighted by Gasteiger charge is 2.07. The molecule has 1 aliphatic carbocycles. The lowest BCUT2D eigenvalue weighted by Crippen LogP contribution is -2.20. The fraction of sp³-hybridized carbons (Fsp3) is 0.130. The van der Waals surface area contributed by atoms with Gasteiger partial charge in [0.25, 0.3) is 5.91 Å². The zero-order valence-corrected chi connectivity index (χ0v) is 15.3. The Balaban J connectivity index is 1.29. The van der Waals surface area contributed by atoms with E-state index in [0.29, 0.717) is 11.5 Å². The molecule has 0 bridgehead atoms. The zero-order chi connectivity index (χ0) is 19.2. The van der Waals surface area contributed by atoms with Gasteiger partial charge < -0.3 is 14.5 Å². The summed E-state index contributed by atoms with van der Waals surface area (Å²) in [5.41, 5.74) is 4.02. The molecule has 3 aromatic rings. The molecule has 28 heavy (non-hydrogen) atoms. The number of amides is 1. The fourth-order valence-electron chi connectivity index (χ4n) is 2.99. The van der Waals surface area contributed by atoms with Crippen molar-refractivity contribution in [1.82, 2.24) is 4.98 Å². The van der Waals surface area contributed by atoms with E-state index in [2.05, 4.69) is 28.5 Å². The number of carbonyl (C=O) groups excluding carboxylic acids is 1. The molecule has 0 saturated carbocycles. The number of allylic oxidation sites excluding steroid dienone is 4. The smallest absolute Gasteiger partial charge is 0.262 e. The number of oxazole rings is 1. The van der Waals surface area contributed by atoms with Crippen LogP contribution in [0.2, 0.25) is 0 Å². The minimum Gasteiger partial charge on any atom is -0.484 e. The predicted molar refractivity (Wildman–Crippen MR) is 109 cm³/mol. The number of carbonyl (C=O) groups is 1. The number of aromatic nitrogens is 1. The van der Waals surface area contributed by atoms with E-state index in [1.165, 1.54) is 12.0 Å². The SMILES string of the molecule is O=C(COc1ccc(-c2cnco2)cc1)Nc1ccc(C2=CCCC=C2)cc1. The molecule has 0 radical (unpaired) electrons. The molecular formula is C23H20N2O3. The van der Waals surface area contributed by atoms with E-state index in [9.17, 15) is 4.79 Å². The fourth-order valence-corrected chi connectivity index (χ4v) is 2.99. The Morgan fingerprint density at radius 2 is 1.82 bits per heavy atom. The van der Waals surface area contributed by atoms with Gasteiger partial charge in [0.05, 0.1) is 6.20 Å². The maximum atomic E-state index is 12.1. The number of hydrogen-bond donors (Lipinski definition) is 1. The standard InChI is InChI=1S/C23H20N2O3/c26-23(15-27-21-12-8-19(9-13-21)22-14-24-16-28-22)25-20-10-6-18(7-11-20)17-4-2-1-3-5-17/h2,4-14,16H,1,3,15H2,(H,25,26). The Hall–Kier alpha value is -3.60. The summed E-state index contributed by atoms with van der Waals surface area (Å²) < 4.78 is 10.8. The molecule has 0 spiro atoms. The summed E-state index contributed by atoms with van der Waals surface area (Å²) in [5, 5.41) is 2.85. The van der Waals surface area contributed by atoms with Crippen molar-refractivity contribution in [1.29, 1.82) is 0 Å². The number of rotatable bonds is 6. The number of nitrogens with zero attached hydrogens (tertiary/aromatic N) is 1. The topological polar surface area (TPSA) is 64.4 Å². The maximum absolute atomic E-state index is 12.1. The van der Waals surface area contributed by atoms with Gasteiger partial charge in [-0.25, -0.2) is 4.98 Å². The summed E-state index contributed by atoms with van der Waals surface area (Å²) in [6.45, 7) is -0.0582. The average molecular weight is 372 g/mol. The van der Waals surface area contributed by atoms with Gasteiger partial charge in [-0.15, -0.1) is 0 Å². The largest absolute Gasteiger partial charge is 0.484 e. The molecule has 1 aromatic heterocycles. The van der Waals surface area contributed by atoms with E-state index in [-0.39, 0.29) is 12.5 Å². The van der Waals surface area contributed by atoms with Crippen molar-refractivity contribution in [2.24, 2.45) is 0 Å². The summed E-state index contributed by atoms with van der Waals surface area (Å²) in [6, 6.07) is 15.2. The van der Waals surface area contributed by atoms with E-state index >= 15 is 0 Å². The number of ether oxygens (including phenoxy) is 1. The van der Waals surface area contributed by atoms with Crippen molar-refractivity contribution < 1.29 is 13.9 Å².